The third-order valence-electron chi connectivity index (χ3n) is 2.31. The smallest absolute Gasteiger partial charge is 0.120 e. The molecular weight excluding hydrogens is 162 g/mol. The minimum atomic E-state index is 0.448. The van der Waals surface area contributed by atoms with Crippen molar-refractivity contribution in [3.8, 4) is 6.07 Å². The number of nitriles is 1. The number of aldehydes is 1. The van der Waals surface area contributed by atoms with Crippen LogP contribution in [0.5, 0.6) is 0 Å². The van der Waals surface area contributed by atoms with Crippen LogP contribution in [0.4, 0.5) is 0 Å². The first-order valence-electron chi connectivity index (χ1n) is 5.15. The van der Waals surface area contributed by atoms with E-state index in [1.807, 2.05) is 0 Å². The van der Waals surface area contributed by atoms with Gasteiger partial charge in [0.05, 0.1) is 6.07 Å². The summed E-state index contributed by atoms with van der Waals surface area (Å²) in [4.78, 5) is 10.3. The second-order valence-electron chi connectivity index (χ2n) is 3.46. The number of hydrogen-bond donors (Lipinski definition) is 0. The fourth-order valence-electron chi connectivity index (χ4n) is 1.47. The molecule has 0 N–H and O–H groups in total. The topological polar surface area (TPSA) is 40.9 Å². The largest absolute Gasteiger partial charge is 0.303 e. The van der Waals surface area contributed by atoms with Gasteiger partial charge in [-0.25, -0.2) is 0 Å². The van der Waals surface area contributed by atoms with Crippen LogP contribution in [0, 0.1) is 17.2 Å². The van der Waals surface area contributed by atoms with E-state index < -0.39 is 0 Å². The van der Waals surface area contributed by atoms with Crippen molar-refractivity contribution < 1.29 is 4.79 Å². The fourth-order valence-corrected chi connectivity index (χ4v) is 1.47. The van der Waals surface area contributed by atoms with Gasteiger partial charge >= 0.3 is 0 Å². The lowest BCUT2D eigenvalue weighted by molar-refractivity contribution is -0.108. The molecule has 0 rings (SSSR count). The third kappa shape index (κ3) is 7.52. The lowest BCUT2D eigenvalue weighted by Gasteiger charge is -2.11. The van der Waals surface area contributed by atoms with E-state index in [9.17, 15) is 4.79 Å². The molecule has 0 aliphatic rings. The van der Waals surface area contributed by atoms with Gasteiger partial charge in [0, 0.05) is 12.8 Å². The number of rotatable bonds is 8. The number of carbonyl (C=O) groups is 1. The Morgan fingerprint density at radius 2 is 2.15 bits per heavy atom. The number of hydrogen-bond acceptors (Lipinski definition) is 2. The van der Waals surface area contributed by atoms with Gasteiger partial charge in [0.1, 0.15) is 6.29 Å². The molecule has 74 valence electrons. The monoisotopic (exact) mass is 181 g/mol. The first kappa shape index (κ1) is 12.2. The summed E-state index contributed by atoms with van der Waals surface area (Å²) in [7, 11) is 0. The molecule has 0 saturated carbocycles. The predicted molar refractivity (Wildman–Crippen MR) is 53.2 cm³/mol. The molecule has 0 amide bonds. The molecular formula is C11H19NO. The molecule has 0 saturated heterocycles. The minimum Gasteiger partial charge on any atom is -0.303 e. The molecule has 0 heterocycles. The second kappa shape index (κ2) is 9.25. The predicted octanol–water partition coefficient (Wildman–Crippen LogP) is 3.08. The van der Waals surface area contributed by atoms with Gasteiger partial charge in [-0.3, -0.25) is 0 Å². The van der Waals surface area contributed by atoms with Gasteiger partial charge in [0.15, 0.2) is 0 Å². The molecule has 0 aliphatic heterocycles. The second-order valence-corrected chi connectivity index (χ2v) is 3.46. The molecule has 0 aromatic carbocycles. The van der Waals surface area contributed by atoms with Crippen LogP contribution in [0.3, 0.4) is 0 Å². The van der Waals surface area contributed by atoms with Crippen molar-refractivity contribution in [3.05, 3.63) is 0 Å². The van der Waals surface area contributed by atoms with Crippen LogP contribution in [0.15, 0.2) is 0 Å². The van der Waals surface area contributed by atoms with Crippen molar-refractivity contribution in [1.82, 2.24) is 0 Å². The standard InChI is InChI=1S/C11H19NO/c1-2-3-4-6-11(8-10-13)7-5-9-12/h10-11H,2-8H2,1H3. The Kier molecular flexibility index (Phi) is 8.65. The zero-order valence-corrected chi connectivity index (χ0v) is 8.46. The quantitative estimate of drug-likeness (QED) is 0.426. The van der Waals surface area contributed by atoms with Gasteiger partial charge < -0.3 is 4.79 Å². The maximum atomic E-state index is 10.3. The first-order valence-corrected chi connectivity index (χ1v) is 5.15. The van der Waals surface area contributed by atoms with Crippen LogP contribution in [-0.2, 0) is 4.79 Å². The summed E-state index contributed by atoms with van der Waals surface area (Å²) in [5.74, 6) is 0.448. The molecule has 13 heavy (non-hydrogen) atoms. The van der Waals surface area contributed by atoms with E-state index in [2.05, 4.69) is 13.0 Å². The maximum Gasteiger partial charge on any atom is 0.120 e. The fraction of sp³-hybridized carbons (Fsp3) is 0.818. The number of unbranched alkanes of at least 4 members (excludes halogenated alkanes) is 2. The summed E-state index contributed by atoms with van der Waals surface area (Å²) in [5.41, 5.74) is 0. The molecule has 0 bridgehead atoms. The molecule has 0 aliphatic carbocycles. The van der Waals surface area contributed by atoms with Crippen molar-refractivity contribution in [2.45, 2.75) is 51.9 Å². The minimum absolute atomic E-state index is 0.448. The van der Waals surface area contributed by atoms with Crippen LogP contribution < -0.4 is 0 Å². The SMILES string of the molecule is CCCCCC(CC=O)CCC#N. The number of nitrogens with zero attached hydrogens (tertiary/aromatic N) is 1. The van der Waals surface area contributed by atoms with E-state index >= 15 is 0 Å². The molecule has 1 atom stereocenters. The van der Waals surface area contributed by atoms with Crippen molar-refractivity contribution in [1.29, 1.82) is 5.26 Å². The van der Waals surface area contributed by atoms with Crippen LogP contribution >= 0.6 is 0 Å². The number of carbonyl (C=O) groups excluding carboxylic acids is 1. The average Bonchev–Trinajstić information content (AvgIpc) is 2.14. The van der Waals surface area contributed by atoms with E-state index in [0.29, 0.717) is 18.8 Å². The van der Waals surface area contributed by atoms with Crippen LogP contribution in [0.25, 0.3) is 0 Å². The highest BCUT2D eigenvalue weighted by molar-refractivity contribution is 5.49. The summed E-state index contributed by atoms with van der Waals surface area (Å²) in [6, 6.07) is 2.13. The molecule has 0 spiro atoms. The van der Waals surface area contributed by atoms with E-state index in [-0.39, 0.29) is 0 Å². The van der Waals surface area contributed by atoms with Crippen molar-refractivity contribution >= 4 is 6.29 Å². The Morgan fingerprint density at radius 1 is 1.38 bits per heavy atom. The summed E-state index contributed by atoms with van der Waals surface area (Å²) in [6.45, 7) is 2.17. The first-order chi connectivity index (χ1) is 6.35. The third-order valence-corrected chi connectivity index (χ3v) is 2.31. The zero-order valence-electron chi connectivity index (χ0n) is 8.46. The molecule has 0 fully saturated rings. The molecule has 0 radical (unpaired) electrons. The highest BCUT2D eigenvalue weighted by atomic mass is 16.1. The normalized spacial score (nSPS) is 12.0. The lowest BCUT2D eigenvalue weighted by Crippen LogP contribution is -2.01. The van der Waals surface area contributed by atoms with Crippen LogP contribution in [0.2, 0.25) is 0 Å². The van der Waals surface area contributed by atoms with Gasteiger partial charge in [-0.2, -0.15) is 5.26 Å². The summed E-state index contributed by atoms with van der Waals surface area (Å²) >= 11 is 0. The van der Waals surface area contributed by atoms with Crippen LogP contribution in [-0.4, -0.2) is 6.29 Å². The Morgan fingerprint density at radius 3 is 2.69 bits per heavy atom. The van der Waals surface area contributed by atoms with Gasteiger partial charge in [-0.15, -0.1) is 0 Å². The summed E-state index contributed by atoms with van der Waals surface area (Å²) in [5, 5.41) is 8.42. The summed E-state index contributed by atoms with van der Waals surface area (Å²) < 4.78 is 0. The van der Waals surface area contributed by atoms with Crippen molar-refractivity contribution in [2.24, 2.45) is 5.92 Å². The Hall–Kier alpha value is -0.840. The molecule has 0 aromatic heterocycles. The summed E-state index contributed by atoms with van der Waals surface area (Å²) in [6.07, 6.45) is 7.84. The highest BCUT2D eigenvalue weighted by Gasteiger charge is 2.06. The van der Waals surface area contributed by atoms with Crippen molar-refractivity contribution in [2.75, 3.05) is 0 Å². The highest BCUT2D eigenvalue weighted by Crippen LogP contribution is 2.17. The zero-order chi connectivity index (χ0) is 9.94. The van der Waals surface area contributed by atoms with E-state index in [0.717, 1.165) is 19.1 Å². The van der Waals surface area contributed by atoms with Crippen molar-refractivity contribution in [3.63, 3.8) is 0 Å². The maximum absolute atomic E-state index is 10.3. The molecule has 2 nitrogen and oxygen atoms in total. The molecule has 2 heteroatoms. The van der Waals surface area contributed by atoms with Gasteiger partial charge in [-0.1, -0.05) is 32.6 Å². The van der Waals surface area contributed by atoms with Gasteiger partial charge in [-0.05, 0) is 12.3 Å². The Balaban J connectivity index is 3.54. The molecule has 1 unspecified atom stereocenters. The Labute approximate surface area is 80.9 Å². The lowest BCUT2D eigenvalue weighted by atomic mass is 9.94. The van der Waals surface area contributed by atoms with Gasteiger partial charge in [0.2, 0.25) is 0 Å². The van der Waals surface area contributed by atoms with E-state index in [4.69, 9.17) is 5.26 Å². The van der Waals surface area contributed by atoms with Gasteiger partial charge in [0.25, 0.3) is 0 Å². The average molecular weight is 181 g/mol. The van der Waals surface area contributed by atoms with E-state index in [1.54, 1.807) is 0 Å². The Bertz CT molecular complexity index is 160. The van der Waals surface area contributed by atoms with E-state index in [1.165, 1.54) is 19.3 Å². The van der Waals surface area contributed by atoms with Crippen LogP contribution in [0.1, 0.15) is 51.9 Å². The molecule has 0 aromatic rings.